The molecular weight excluding hydrogens is 264 g/mol. The first kappa shape index (κ1) is 14.0. The number of ether oxygens (including phenoxy) is 1. The zero-order valence-electron chi connectivity index (χ0n) is 12.2. The topological polar surface area (TPSA) is 50.3 Å². The summed E-state index contributed by atoms with van der Waals surface area (Å²) in [6, 6.07) is 12.0. The lowest BCUT2D eigenvalue weighted by atomic mass is 10.1. The molecule has 1 aliphatic heterocycles. The Labute approximate surface area is 125 Å². The molecular formula is C16H20N4O. The lowest BCUT2D eigenvalue weighted by Crippen LogP contribution is -2.38. The Hall–Kier alpha value is -1.98. The van der Waals surface area contributed by atoms with E-state index >= 15 is 0 Å². The van der Waals surface area contributed by atoms with Crippen LogP contribution in [-0.2, 0) is 11.3 Å². The van der Waals surface area contributed by atoms with E-state index in [2.05, 4.69) is 26.3 Å². The van der Waals surface area contributed by atoms with E-state index in [1.165, 1.54) is 0 Å². The molecule has 1 saturated heterocycles. The van der Waals surface area contributed by atoms with Gasteiger partial charge in [-0.05, 0) is 24.3 Å². The molecule has 0 aromatic carbocycles. The van der Waals surface area contributed by atoms with Gasteiger partial charge in [0.2, 0.25) is 0 Å². The molecule has 1 fully saturated rings. The minimum Gasteiger partial charge on any atom is -0.373 e. The van der Waals surface area contributed by atoms with Crippen LogP contribution in [0.4, 0.5) is 5.82 Å². The van der Waals surface area contributed by atoms with Crippen molar-refractivity contribution in [2.75, 3.05) is 32.1 Å². The maximum atomic E-state index is 5.88. The van der Waals surface area contributed by atoms with Crippen LogP contribution in [0.3, 0.4) is 0 Å². The summed E-state index contributed by atoms with van der Waals surface area (Å²) in [4.78, 5) is 11.3. The number of pyridine rings is 2. The maximum absolute atomic E-state index is 5.88. The second-order valence-corrected chi connectivity index (χ2v) is 5.11. The number of nitrogens with one attached hydrogen (secondary N) is 1. The smallest absolute Gasteiger partial charge is 0.126 e. The highest BCUT2D eigenvalue weighted by Crippen LogP contribution is 2.22. The molecule has 0 radical (unpaired) electrons. The number of nitrogens with zero attached hydrogens (tertiary/aromatic N) is 3. The molecule has 2 aromatic heterocycles. The number of morpholine rings is 1. The van der Waals surface area contributed by atoms with Crippen LogP contribution >= 0.6 is 0 Å². The summed E-state index contributed by atoms with van der Waals surface area (Å²) in [7, 11) is 1.88. The van der Waals surface area contributed by atoms with E-state index in [1.807, 2.05) is 43.6 Å². The number of anilines is 1. The largest absolute Gasteiger partial charge is 0.373 e. The van der Waals surface area contributed by atoms with Gasteiger partial charge in [0, 0.05) is 32.9 Å². The summed E-state index contributed by atoms with van der Waals surface area (Å²) in [6.45, 7) is 3.35. The standard InChI is InChI=1S/C16H20N4O/c1-17-16-7-4-6-14(19-16)15-12-20(9-10-21-15)11-13-5-2-3-8-18-13/h2-8,15H,9-12H2,1H3,(H,17,19)/t15-/m0/s1. The Balaban J connectivity index is 1.67. The van der Waals surface area contributed by atoms with E-state index in [0.29, 0.717) is 0 Å². The second kappa shape index (κ2) is 6.65. The summed E-state index contributed by atoms with van der Waals surface area (Å²) in [5.74, 6) is 0.873. The highest BCUT2D eigenvalue weighted by atomic mass is 16.5. The fraction of sp³-hybridized carbons (Fsp3) is 0.375. The first-order chi connectivity index (χ1) is 10.3. The molecule has 0 aliphatic carbocycles. The van der Waals surface area contributed by atoms with Crippen molar-refractivity contribution in [1.29, 1.82) is 0 Å². The van der Waals surface area contributed by atoms with E-state index < -0.39 is 0 Å². The third-order valence-corrected chi connectivity index (χ3v) is 3.62. The highest BCUT2D eigenvalue weighted by molar-refractivity contribution is 5.34. The van der Waals surface area contributed by atoms with Gasteiger partial charge in [-0.3, -0.25) is 9.88 Å². The summed E-state index contributed by atoms with van der Waals surface area (Å²) in [6.07, 6.45) is 1.86. The van der Waals surface area contributed by atoms with Gasteiger partial charge in [0.25, 0.3) is 0 Å². The van der Waals surface area contributed by atoms with Crippen LogP contribution in [0, 0.1) is 0 Å². The van der Waals surface area contributed by atoms with Crippen molar-refractivity contribution in [1.82, 2.24) is 14.9 Å². The summed E-state index contributed by atoms with van der Waals surface area (Å²) >= 11 is 0. The van der Waals surface area contributed by atoms with Crippen LogP contribution in [0.5, 0.6) is 0 Å². The van der Waals surface area contributed by atoms with Crippen molar-refractivity contribution in [2.45, 2.75) is 12.6 Å². The molecule has 2 aromatic rings. The molecule has 0 unspecified atom stereocenters. The van der Waals surface area contributed by atoms with Crippen LogP contribution in [0.2, 0.25) is 0 Å². The monoisotopic (exact) mass is 284 g/mol. The zero-order chi connectivity index (χ0) is 14.5. The maximum Gasteiger partial charge on any atom is 0.126 e. The average molecular weight is 284 g/mol. The fourth-order valence-electron chi connectivity index (χ4n) is 2.52. The molecule has 5 nitrogen and oxygen atoms in total. The molecule has 21 heavy (non-hydrogen) atoms. The normalized spacial score (nSPS) is 19.4. The quantitative estimate of drug-likeness (QED) is 0.931. The average Bonchev–Trinajstić information content (AvgIpc) is 2.56. The van der Waals surface area contributed by atoms with Crippen LogP contribution in [0.25, 0.3) is 0 Å². The first-order valence-electron chi connectivity index (χ1n) is 7.24. The van der Waals surface area contributed by atoms with Crippen LogP contribution < -0.4 is 5.32 Å². The van der Waals surface area contributed by atoms with Gasteiger partial charge in [-0.15, -0.1) is 0 Å². The molecule has 0 bridgehead atoms. The van der Waals surface area contributed by atoms with E-state index in [-0.39, 0.29) is 6.10 Å². The van der Waals surface area contributed by atoms with Crippen LogP contribution in [-0.4, -0.2) is 41.6 Å². The molecule has 3 rings (SSSR count). The van der Waals surface area contributed by atoms with E-state index in [9.17, 15) is 0 Å². The minimum absolute atomic E-state index is 0.0239. The Morgan fingerprint density at radius 1 is 1.29 bits per heavy atom. The number of hydrogen-bond donors (Lipinski definition) is 1. The minimum atomic E-state index is 0.0239. The van der Waals surface area contributed by atoms with Gasteiger partial charge in [-0.2, -0.15) is 0 Å². The predicted molar refractivity (Wildman–Crippen MR) is 82.0 cm³/mol. The molecule has 0 amide bonds. The molecule has 0 saturated carbocycles. The van der Waals surface area contributed by atoms with Gasteiger partial charge >= 0.3 is 0 Å². The Kier molecular flexibility index (Phi) is 4.43. The Morgan fingerprint density at radius 3 is 3.05 bits per heavy atom. The molecule has 5 heteroatoms. The van der Waals surface area contributed by atoms with Gasteiger partial charge in [-0.1, -0.05) is 12.1 Å². The summed E-state index contributed by atoms with van der Waals surface area (Å²) < 4.78 is 5.88. The Morgan fingerprint density at radius 2 is 2.24 bits per heavy atom. The predicted octanol–water partition coefficient (Wildman–Crippen LogP) is 2.09. The van der Waals surface area contributed by atoms with Crippen molar-refractivity contribution in [3.05, 3.63) is 54.0 Å². The van der Waals surface area contributed by atoms with Gasteiger partial charge in [0.15, 0.2) is 0 Å². The molecule has 0 spiro atoms. The SMILES string of the molecule is CNc1cccc([C@@H]2CN(Cc3ccccn3)CCO2)n1. The van der Waals surface area contributed by atoms with E-state index in [0.717, 1.165) is 43.4 Å². The summed E-state index contributed by atoms with van der Waals surface area (Å²) in [5, 5.41) is 3.07. The van der Waals surface area contributed by atoms with E-state index in [1.54, 1.807) is 0 Å². The number of rotatable bonds is 4. The Bertz CT molecular complexity index is 575. The number of hydrogen-bond acceptors (Lipinski definition) is 5. The van der Waals surface area contributed by atoms with Crippen molar-refractivity contribution in [3.8, 4) is 0 Å². The van der Waals surface area contributed by atoms with Gasteiger partial charge in [-0.25, -0.2) is 4.98 Å². The number of aromatic nitrogens is 2. The lowest BCUT2D eigenvalue weighted by molar-refractivity contribution is -0.0352. The summed E-state index contributed by atoms with van der Waals surface area (Å²) in [5.41, 5.74) is 2.07. The van der Waals surface area contributed by atoms with Crippen LogP contribution in [0.15, 0.2) is 42.6 Å². The highest BCUT2D eigenvalue weighted by Gasteiger charge is 2.23. The molecule has 110 valence electrons. The van der Waals surface area contributed by atoms with Crippen molar-refractivity contribution >= 4 is 5.82 Å². The van der Waals surface area contributed by atoms with Crippen LogP contribution in [0.1, 0.15) is 17.5 Å². The van der Waals surface area contributed by atoms with Crippen molar-refractivity contribution < 1.29 is 4.74 Å². The molecule has 1 aliphatic rings. The first-order valence-corrected chi connectivity index (χ1v) is 7.24. The molecule has 1 N–H and O–H groups in total. The van der Waals surface area contributed by atoms with Crippen molar-refractivity contribution in [2.24, 2.45) is 0 Å². The van der Waals surface area contributed by atoms with Gasteiger partial charge in [0.1, 0.15) is 11.9 Å². The van der Waals surface area contributed by atoms with Crippen molar-refractivity contribution in [3.63, 3.8) is 0 Å². The van der Waals surface area contributed by atoms with Gasteiger partial charge in [0.05, 0.1) is 18.0 Å². The van der Waals surface area contributed by atoms with E-state index in [4.69, 9.17) is 4.74 Å². The molecule has 3 heterocycles. The third kappa shape index (κ3) is 3.56. The second-order valence-electron chi connectivity index (χ2n) is 5.11. The third-order valence-electron chi connectivity index (χ3n) is 3.62. The van der Waals surface area contributed by atoms with Gasteiger partial charge < -0.3 is 10.1 Å². The molecule has 1 atom stereocenters. The zero-order valence-corrected chi connectivity index (χ0v) is 12.2. The fourth-order valence-corrected chi connectivity index (χ4v) is 2.52. The lowest BCUT2D eigenvalue weighted by Gasteiger charge is -2.32.